The van der Waals surface area contributed by atoms with Gasteiger partial charge in [0, 0.05) is 25.2 Å². The second-order valence-corrected chi connectivity index (χ2v) is 8.40. The molecule has 1 aromatic heterocycles. The number of nitrogens with one attached hydrogen (secondary N) is 2. The highest BCUT2D eigenvalue weighted by atomic mass is 35.5. The number of amides is 2. The molecule has 2 aromatic rings. The fraction of sp³-hybridized carbons (Fsp3) is 0.476. The molecule has 3 heterocycles. The number of hydrogen-bond donors (Lipinski definition) is 2. The third kappa shape index (κ3) is 5.35. The Morgan fingerprint density at radius 1 is 1.21 bits per heavy atom. The Balaban J connectivity index is 0.00000240. The zero-order valence-electron chi connectivity index (χ0n) is 16.3. The molecular weight excluding hydrogens is 408 g/mol. The van der Waals surface area contributed by atoms with Crippen molar-refractivity contribution in [2.75, 3.05) is 26.2 Å². The topological polar surface area (TPSA) is 74.3 Å². The Kier molecular flexibility index (Phi) is 7.64. The zero-order chi connectivity index (χ0) is 19.3. The van der Waals surface area contributed by atoms with E-state index in [4.69, 9.17) is 0 Å². The number of aromatic nitrogens is 1. The monoisotopic (exact) mass is 434 g/mol. The summed E-state index contributed by atoms with van der Waals surface area (Å²) in [6.07, 6.45) is 3.98. The summed E-state index contributed by atoms with van der Waals surface area (Å²) in [5.74, 6) is 0.452. The standard InChI is InChI=1S/C21H26N4O2S.ClH/c26-20(17-9-4-10-22-17)23-13-15-6-5-11-25(14-15)21(27)19-12-18(24-28-19)16-7-2-1-3-8-16;/h1-3,7-8,12,15,17,22H,4-6,9-11,13-14H2,(H,23,26);1H. The highest BCUT2D eigenvalue weighted by Gasteiger charge is 2.27. The molecule has 1 aromatic carbocycles. The van der Waals surface area contributed by atoms with Crippen LogP contribution in [0.25, 0.3) is 11.3 Å². The Morgan fingerprint density at radius 2 is 2.03 bits per heavy atom. The molecule has 2 N–H and O–H groups in total. The molecule has 2 unspecified atom stereocenters. The number of benzene rings is 1. The maximum Gasteiger partial charge on any atom is 0.265 e. The van der Waals surface area contributed by atoms with Crippen LogP contribution in [0.5, 0.6) is 0 Å². The van der Waals surface area contributed by atoms with E-state index in [-0.39, 0.29) is 30.3 Å². The smallest absolute Gasteiger partial charge is 0.265 e. The van der Waals surface area contributed by atoms with Crippen LogP contribution in [0, 0.1) is 5.92 Å². The number of likely N-dealkylation sites (tertiary alicyclic amines) is 1. The first-order valence-corrected chi connectivity index (χ1v) is 10.8. The Morgan fingerprint density at radius 3 is 2.79 bits per heavy atom. The minimum atomic E-state index is -0.0464. The van der Waals surface area contributed by atoms with Crippen molar-refractivity contribution in [2.45, 2.75) is 31.7 Å². The summed E-state index contributed by atoms with van der Waals surface area (Å²) >= 11 is 1.26. The predicted octanol–water partition coefficient (Wildman–Crippen LogP) is 2.95. The number of hydrogen-bond acceptors (Lipinski definition) is 5. The molecule has 0 radical (unpaired) electrons. The van der Waals surface area contributed by atoms with Gasteiger partial charge in [0.15, 0.2) is 0 Å². The third-order valence-corrected chi connectivity index (χ3v) is 6.32. The predicted molar refractivity (Wildman–Crippen MR) is 117 cm³/mol. The summed E-state index contributed by atoms with van der Waals surface area (Å²) in [5, 5.41) is 6.30. The summed E-state index contributed by atoms with van der Waals surface area (Å²) in [4.78, 5) is 27.7. The largest absolute Gasteiger partial charge is 0.354 e. The van der Waals surface area contributed by atoms with Crippen molar-refractivity contribution >= 4 is 35.8 Å². The minimum Gasteiger partial charge on any atom is -0.354 e. The normalized spacial score (nSPS) is 21.4. The zero-order valence-corrected chi connectivity index (χ0v) is 17.9. The Labute approximate surface area is 181 Å². The molecule has 2 saturated heterocycles. The molecule has 8 heteroatoms. The molecule has 4 rings (SSSR count). The highest BCUT2D eigenvalue weighted by molar-refractivity contribution is 7.08. The second-order valence-electron chi connectivity index (χ2n) is 7.60. The molecule has 156 valence electrons. The van der Waals surface area contributed by atoms with Gasteiger partial charge in [0.05, 0.1) is 11.7 Å². The van der Waals surface area contributed by atoms with Crippen LogP contribution in [-0.4, -0.2) is 53.3 Å². The van der Waals surface area contributed by atoms with E-state index in [2.05, 4.69) is 15.0 Å². The van der Waals surface area contributed by atoms with E-state index >= 15 is 0 Å². The fourth-order valence-electron chi connectivity index (χ4n) is 3.97. The van der Waals surface area contributed by atoms with Crippen LogP contribution in [0.15, 0.2) is 36.4 Å². The quantitative estimate of drug-likeness (QED) is 0.758. The van der Waals surface area contributed by atoms with Crippen molar-refractivity contribution < 1.29 is 9.59 Å². The number of carbonyl (C=O) groups excluding carboxylic acids is 2. The molecule has 29 heavy (non-hydrogen) atoms. The summed E-state index contributed by atoms with van der Waals surface area (Å²) in [5.41, 5.74) is 1.87. The highest BCUT2D eigenvalue weighted by Crippen LogP contribution is 2.25. The average Bonchev–Trinajstić information content (AvgIpc) is 3.45. The lowest BCUT2D eigenvalue weighted by atomic mass is 9.97. The van der Waals surface area contributed by atoms with Crippen molar-refractivity contribution in [2.24, 2.45) is 5.92 Å². The lowest BCUT2D eigenvalue weighted by Gasteiger charge is -2.32. The van der Waals surface area contributed by atoms with Crippen molar-refractivity contribution in [1.82, 2.24) is 19.9 Å². The number of nitrogens with zero attached hydrogens (tertiary/aromatic N) is 2. The first-order chi connectivity index (χ1) is 13.7. The number of rotatable bonds is 5. The fourth-order valence-corrected chi connectivity index (χ4v) is 4.70. The molecule has 0 spiro atoms. The SMILES string of the molecule is Cl.O=C(NCC1CCCN(C(=O)c2cc(-c3ccccc3)ns2)C1)C1CCCN1. The van der Waals surface area contributed by atoms with Crippen LogP contribution in [-0.2, 0) is 4.79 Å². The molecule has 0 saturated carbocycles. The van der Waals surface area contributed by atoms with Crippen LogP contribution in [0.3, 0.4) is 0 Å². The Bertz CT molecular complexity index is 823. The van der Waals surface area contributed by atoms with Gasteiger partial charge in [-0.05, 0) is 55.7 Å². The van der Waals surface area contributed by atoms with Gasteiger partial charge in [0.2, 0.25) is 5.91 Å². The van der Waals surface area contributed by atoms with E-state index in [9.17, 15) is 9.59 Å². The van der Waals surface area contributed by atoms with Crippen molar-refractivity contribution in [3.05, 3.63) is 41.3 Å². The second kappa shape index (κ2) is 10.2. The van der Waals surface area contributed by atoms with E-state index in [0.717, 1.165) is 50.0 Å². The van der Waals surface area contributed by atoms with Crippen LogP contribution >= 0.6 is 23.9 Å². The maximum absolute atomic E-state index is 12.9. The summed E-state index contributed by atoms with van der Waals surface area (Å²) in [6, 6.07) is 11.8. The van der Waals surface area contributed by atoms with Crippen molar-refractivity contribution in [1.29, 1.82) is 0 Å². The summed E-state index contributed by atoms with van der Waals surface area (Å²) < 4.78 is 4.46. The number of carbonyl (C=O) groups is 2. The lowest BCUT2D eigenvalue weighted by molar-refractivity contribution is -0.123. The van der Waals surface area contributed by atoms with Crippen molar-refractivity contribution in [3.8, 4) is 11.3 Å². The molecule has 0 bridgehead atoms. The summed E-state index contributed by atoms with van der Waals surface area (Å²) in [7, 11) is 0. The first kappa shape index (κ1) is 21.7. The van der Waals surface area contributed by atoms with E-state index in [1.54, 1.807) is 0 Å². The van der Waals surface area contributed by atoms with Crippen LogP contribution in [0.4, 0.5) is 0 Å². The third-order valence-electron chi connectivity index (χ3n) is 5.54. The van der Waals surface area contributed by atoms with Crippen LogP contribution < -0.4 is 10.6 Å². The number of halogens is 1. The van der Waals surface area contributed by atoms with Gasteiger partial charge in [0.1, 0.15) is 4.88 Å². The van der Waals surface area contributed by atoms with Gasteiger partial charge in [-0.2, -0.15) is 4.37 Å². The molecule has 2 atom stereocenters. The van der Waals surface area contributed by atoms with Crippen LogP contribution in [0.1, 0.15) is 35.4 Å². The molecule has 2 amide bonds. The molecular formula is C21H27ClN4O2S. The van der Waals surface area contributed by atoms with E-state index in [0.29, 0.717) is 23.9 Å². The van der Waals surface area contributed by atoms with Gasteiger partial charge in [-0.3, -0.25) is 9.59 Å². The van der Waals surface area contributed by atoms with Gasteiger partial charge in [0.25, 0.3) is 5.91 Å². The number of piperidine rings is 1. The van der Waals surface area contributed by atoms with E-state index in [1.165, 1.54) is 11.5 Å². The lowest BCUT2D eigenvalue weighted by Crippen LogP contribution is -2.46. The van der Waals surface area contributed by atoms with Gasteiger partial charge >= 0.3 is 0 Å². The maximum atomic E-state index is 12.9. The van der Waals surface area contributed by atoms with Gasteiger partial charge in [-0.15, -0.1) is 12.4 Å². The Hall–Kier alpha value is -1.96. The first-order valence-electron chi connectivity index (χ1n) is 10.0. The molecule has 2 fully saturated rings. The molecule has 2 aliphatic heterocycles. The average molecular weight is 435 g/mol. The molecule has 6 nitrogen and oxygen atoms in total. The van der Waals surface area contributed by atoms with E-state index in [1.807, 2.05) is 41.3 Å². The van der Waals surface area contributed by atoms with Gasteiger partial charge < -0.3 is 15.5 Å². The van der Waals surface area contributed by atoms with Gasteiger partial charge in [-0.1, -0.05) is 30.3 Å². The molecule has 0 aliphatic carbocycles. The van der Waals surface area contributed by atoms with Gasteiger partial charge in [-0.25, -0.2) is 0 Å². The van der Waals surface area contributed by atoms with Crippen LogP contribution in [0.2, 0.25) is 0 Å². The minimum absolute atomic E-state index is 0. The molecule has 2 aliphatic rings. The van der Waals surface area contributed by atoms with E-state index < -0.39 is 0 Å². The van der Waals surface area contributed by atoms with Crippen molar-refractivity contribution in [3.63, 3.8) is 0 Å². The summed E-state index contributed by atoms with van der Waals surface area (Å²) in [6.45, 7) is 3.02.